The number of imidazole rings is 1. The van der Waals surface area contributed by atoms with Crippen LogP contribution < -0.4 is 4.74 Å². The molecule has 330 valence electrons. The Labute approximate surface area is 399 Å². The van der Waals surface area contributed by atoms with E-state index >= 15 is 0 Å². The summed E-state index contributed by atoms with van der Waals surface area (Å²) in [7, 11) is 0. The van der Waals surface area contributed by atoms with E-state index in [0.29, 0.717) is 24.3 Å². The number of ketones is 2. The molecule has 12 rings (SSSR count). The van der Waals surface area contributed by atoms with Gasteiger partial charge in [-0.2, -0.15) is 0 Å². The number of carbonyl (C=O) groups excluding carboxylic acids is 2. The second-order valence-electron chi connectivity index (χ2n) is 18.7. The molecule has 2 aliphatic rings. The molecule has 1 saturated carbocycles. The third kappa shape index (κ3) is 6.90. The molecule has 0 aliphatic heterocycles. The molecule has 7 aromatic carbocycles. The van der Waals surface area contributed by atoms with Crippen molar-refractivity contribution >= 4 is 44.4 Å². The third-order valence-corrected chi connectivity index (χ3v) is 14.7. The summed E-state index contributed by atoms with van der Waals surface area (Å²) in [5, 5.41) is 2.18. The van der Waals surface area contributed by atoms with Crippen molar-refractivity contribution in [1.29, 1.82) is 0 Å². The van der Waals surface area contributed by atoms with Gasteiger partial charge in [0.25, 0.3) is 0 Å². The van der Waals surface area contributed by atoms with Crippen molar-refractivity contribution in [2.45, 2.75) is 51.4 Å². The van der Waals surface area contributed by atoms with Crippen LogP contribution in [-0.4, -0.2) is 30.3 Å². The number of pyridine rings is 1. The first kappa shape index (κ1) is 41.2. The maximum atomic E-state index is 14.0. The summed E-state index contributed by atoms with van der Waals surface area (Å²) < 4.78 is 14.4. The van der Waals surface area contributed by atoms with E-state index < -0.39 is 0 Å². The summed E-state index contributed by atoms with van der Waals surface area (Å²) in [6, 6.07) is 61.6. The third-order valence-electron chi connectivity index (χ3n) is 13.7. The monoisotopic (exact) mass is 1050 g/mol. The Kier molecular flexibility index (Phi) is 9.84. The van der Waals surface area contributed by atoms with Crippen molar-refractivity contribution in [1.82, 2.24) is 18.7 Å². The molecule has 1 fully saturated rings. The van der Waals surface area contributed by atoms with Crippen LogP contribution in [0.25, 0.3) is 72.3 Å². The number of nitrogens with zero attached hydrogens (tertiary/aromatic N) is 4. The fraction of sp³-hybridized carbons (Fsp3) is 0.153. The number of para-hydroxylation sites is 3. The molecule has 7 nitrogen and oxygen atoms in total. The molecule has 0 saturated heterocycles. The van der Waals surface area contributed by atoms with Gasteiger partial charge in [-0.15, -0.1) is 0 Å². The van der Waals surface area contributed by atoms with Crippen molar-refractivity contribution in [3.63, 3.8) is 0 Å². The molecule has 10 aromatic rings. The number of carbonyl (C=O) groups is 2. The second-order valence-corrected chi connectivity index (χ2v) is 19.8. The molecular weight excluding hydrogens is 1010 g/mol. The van der Waals surface area contributed by atoms with Gasteiger partial charge in [0.2, 0.25) is 0 Å². The molecule has 67 heavy (non-hydrogen) atoms. The standard InChI is InChI=1S/C59H44N4O3.Pt/c1-59(2,3)39-27-28-60-56(29-39)63-51-22-11-10-21-44(51)45-26-25-43(33-54(45)63)66-42-20-14-19-40(30-42)61-36-62(53-24-13-12-23-52(53)61)58-46(37-15-6-4-7-16-37)34-48-47-31-41(64)32-49(47)55(65)35-50(48)57(58)38-17-8-5-9-18-38;/h4-29,34,47,49H,31-32,35H2,1-3H3;/q-2;. The number of hydrogen-bond donors (Lipinski definition) is 0. The molecular formula is C59H44N4O3Pt-2. The average molecular weight is 1050 g/mol. The number of rotatable bonds is 7. The van der Waals surface area contributed by atoms with Gasteiger partial charge in [-0.1, -0.05) is 32.9 Å². The predicted octanol–water partition coefficient (Wildman–Crippen LogP) is 13.2. The number of fused-ring (bicyclic) bond motifs is 7. The molecule has 0 N–H and O–H groups in total. The number of hydrogen-bond acceptors (Lipinski definition) is 4. The van der Waals surface area contributed by atoms with Gasteiger partial charge in [0.15, 0.2) is 0 Å². The van der Waals surface area contributed by atoms with E-state index in [1.807, 2.05) is 36.5 Å². The number of aromatic nitrogens is 4. The quantitative estimate of drug-likeness (QED) is 0.149. The van der Waals surface area contributed by atoms with Crippen LogP contribution in [0.15, 0.2) is 164 Å². The van der Waals surface area contributed by atoms with Crippen molar-refractivity contribution in [2.24, 2.45) is 5.92 Å². The first-order valence-corrected chi connectivity index (χ1v) is 23.9. The molecule has 0 spiro atoms. The van der Waals surface area contributed by atoms with Crippen molar-refractivity contribution in [3.8, 4) is 50.9 Å². The van der Waals surface area contributed by atoms with Gasteiger partial charge in [-0.25, -0.2) is 0 Å². The number of ether oxygens (including phenoxy) is 1. The van der Waals surface area contributed by atoms with Crippen molar-refractivity contribution in [3.05, 3.63) is 197 Å². The Hall–Kier alpha value is -7.21. The molecule has 2 aliphatic carbocycles. The average Bonchev–Trinajstić information content (AvgIpc) is 4.00. The summed E-state index contributed by atoms with van der Waals surface area (Å²) in [5.41, 5.74) is 13.1. The van der Waals surface area contributed by atoms with Crippen molar-refractivity contribution in [2.75, 3.05) is 0 Å². The van der Waals surface area contributed by atoms with Crippen LogP contribution in [0.5, 0.6) is 11.5 Å². The Morgan fingerprint density at radius 1 is 0.642 bits per heavy atom. The van der Waals surface area contributed by atoms with Crippen LogP contribution in [0.4, 0.5) is 0 Å². The van der Waals surface area contributed by atoms with Crippen LogP contribution in [-0.2, 0) is 40.8 Å². The summed E-state index contributed by atoms with van der Waals surface area (Å²) >= 11 is 2.44. The Balaban J connectivity index is 1.03. The zero-order valence-corrected chi connectivity index (χ0v) is 39.5. The molecule has 0 amide bonds. The Bertz CT molecular complexity index is 3710. The van der Waals surface area contributed by atoms with E-state index in [4.69, 9.17) is 9.72 Å². The topological polar surface area (TPSA) is 71.0 Å². The predicted molar refractivity (Wildman–Crippen MR) is 261 cm³/mol. The van der Waals surface area contributed by atoms with Gasteiger partial charge in [0, 0.05) is 6.20 Å². The van der Waals surface area contributed by atoms with Crippen LogP contribution in [0.3, 0.4) is 0 Å². The molecule has 3 heterocycles. The first-order valence-electron chi connectivity index (χ1n) is 22.8. The van der Waals surface area contributed by atoms with Gasteiger partial charge >= 0.3 is 345 Å². The maximum absolute atomic E-state index is 14.0. The van der Waals surface area contributed by atoms with Gasteiger partial charge < -0.3 is 0 Å². The van der Waals surface area contributed by atoms with E-state index in [1.165, 1.54) is 5.56 Å². The second kappa shape index (κ2) is 16.0. The molecule has 2 atom stereocenters. The van der Waals surface area contributed by atoms with E-state index in [1.54, 1.807) is 0 Å². The minimum atomic E-state index is -0.273. The molecule has 0 bridgehead atoms. The van der Waals surface area contributed by atoms with Gasteiger partial charge in [-0.3, -0.25) is 0 Å². The van der Waals surface area contributed by atoms with Crippen LogP contribution >= 0.6 is 0 Å². The fourth-order valence-corrected chi connectivity index (χ4v) is 11.6. The Morgan fingerprint density at radius 3 is 2.07 bits per heavy atom. The molecule has 2 unspecified atom stereocenters. The van der Waals surface area contributed by atoms with Crippen LogP contribution in [0, 0.1) is 21.9 Å². The number of benzene rings is 7. The fourth-order valence-electron chi connectivity index (χ4n) is 10.5. The van der Waals surface area contributed by atoms with E-state index in [9.17, 15) is 9.59 Å². The normalized spacial score (nSPS) is 16.0. The van der Waals surface area contributed by atoms with Gasteiger partial charge in [-0.05, 0) is 17.0 Å². The van der Waals surface area contributed by atoms with Gasteiger partial charge in [0.05, 0.1) is 0 Å². The zero-order valence-electron chi connectivity index (χ0n) is 37.2. The van der Waals surface area contributed by atoms with Crippen LogP contribution in [0.1, 0.15) is 56.2 Å². The van der Waals surface area contributed by atoms with E-state index in [-0.39, 0.29) is 35.2 Å². The molecule has 0 radical (unpaired) electrons. The van der Waals surface area contributed by atoms with Crippen LogP contribution in [0.2, 0.25) is 0 Å². The van der Waals surface area contributed by atoms with Crippen molar-refractivity contribution < 1.29 is 33.7 Å². The molecule has 8 heteroatoms. The zero-order chi connectivity index (χ0) is 45.6. The Morgan fingerprint density at radius 2 is 1.31 bits per heavy atom. The summed E-state index contributed by atoms with van der Waals surface area (Å²) in [6.07, 6.45) is 2.88. The summed E-state index contributed by atoms with van der Waals surface area (Å²) in [5.74, 6) is 1.85. The summed E-state index contributed by atoms with van der Waals surface area (Å²) in [6.45, 7) is 6.65. The minimum absolute atomic E-state index is 0.0469. The SMILES string of the molecule is CC(C)(C)c1ccnc(-n2c3[c-]c(Oc4[c-]c(-n5[c](=[Pt])n(-c6c(-c7ccccc7)cc7c(c6-c6ccccc6)CC(=O)C6CC(=O)CC76)c6ccccc65)ccc4)ccc3c3ccccc32)c1. The first-order chi connectivity index (χ1) is 32.6. The number of Topliss-reactive ketones (excluding diaryl/α,β-unsaturated/α-hetero) is 2. The van der Waals surface area contributed by atoms with E-state index in [2.05, 4.69) is 193 Å². The summed E-state index contributed by atoms with van der Waals surface area (Å²) in [4.78, 5) is 31.9. The molecule has 3 aromatic heterocycles. The van der Waals surface area contributed by atoms with Gasteiger partial charge in [0.1, 0.15) is 0 Å². The van der Waals surface area contributed by atoms with E-state index in [0.717, 1.165) is 87.2 Å².